The Morgan fingerprint density at radius 2 is 2.17 bits per heavy atom. The van der Waals surface area contributed by atoms with Gasteiger partial charge in [-0.15, -0.1) is 0 Å². The van der Waals surface area contributed by atoms with Crippen molar-refractivity contribution in [2.75, 3.05) is 12.3 Å². The van der Waals surface area contributed by atoms with Crippen molar-refractivity contribution in [3.8, 4) is 0 Å². The zero-order chi connectivity index (χ0) is 16.0. The van der Waals surface area contributed by atoms with Crippen molar-refractivity contribution in [3.05, 3.63) is 34.1 Å². The summed E-state index contributed by atoms with van der Waals surface area (Å²) in [5.74, 6) is 0.834. The first-order valence-corrected chi connectivity index (χ1v) is 9.65. The highest BCUT2D eigenvalue weighted by atomic mass is 79.9. The summed E-state index contributed by atoms with van der Waals surface area (Å²) >= 11 is 5.16. The molecule has 0 saturated carbocycles. The third-order valence-electron chi connectivity index (χ3n) is 4.80. The van der Waals surface area contributed by atoms with Crippen LogP contribution >= 0.6 is 27.7 Å². The average molecular weight is 395 g/mol. The maximum absolute atomic E-state index is 13.6. The van der Waals surface area contributed by atoms with Gasteiger partial charge in [0.25, 0.3) is 0 Å². The van der Waals surface area contributed by atoms with Crippen molar-refractivity contribution >= 4 is 45.4 Å². The molecule has 6 heteroatoms. The van der Waals surface area contributed by atoms with Gasteiger partial charge in [0.1, 0.15) is 5.82 Å². The third-order valence-corrected chi connectivity index (χ3v) is 6.86. The zero-order valence-electron chi connectivity index (χ0n) is 12.4. The van der Waals surface area contributed by atoms with E-state index in [1.807, 2.05) is 30.1 Å². The van der Waals surface area contributed by atoms with Gasteiger partial charge in [0.2, 0.25) is 0 Å². The number of nitrogens with zero attached hydrogens (tertiary/aromatic N) is 2. The fourth-order valence-electron chi connectivity index (χ4n) is 3.80. The minimum atomic E-state index is -0.275. The van der Waals surface area contributed by atoms with Crippen molar-refractivity contribution < 1.29 is 9.18 Å². The normalized spacial score (nSPS) is 33.0. The summed E-state index contributed by atoms with van der Waals surface area (Å²) in [7, 11) is 0. The van der Waals surface area contributed by atoms with Crippen LogP contribution in [0.5, 0.6) is 0 Å². The van der Waals surface area contributed by atoms with E-state index in [0.717, 1.165) is 24.2 Å². The van der Waals surface area contributed by atoms with Crippen LogP contribution in [0.4, 0.5) is 4.39 Å². The van der Waals surface area contributed by atoms with Gasteiger partial charge >= 0.3 is 0 Å². The van der Waals surface area contributed by atoms with Gasteiger partial charge in [-0.1, -0.05) is 6.07 Å². The molecule has 0 aliphatic carbocycles. The molecule has 0 amide bonds. The van der Waals surface area contributed by atoms with Gasteiger partial charge in [0.15, 0.2) is 5.78 Å². The van der Waals surface area contributed by atoms with Crippen LogP contribution in [0.25, 0.3) is 0 Å². The van der Waals surface area contributed by atoms with Gasteiger partial charge in [-0.25, -0.2) is 4.39 Å². The lowest BCUT2D eigenvalue weighted by molar-refractivity contribution is -0.122. The van der Waals surface area contributed by atoms with E-state index in [1.165, 1.54) is 11.8 Å². The summed E-state index contributed by atoms with van der Waals surface area (Å²) in [6, 6.07) is 4.97. The van der Waals surface area contributed by atoms with E-state index < -0.39 is 0 Å². The first kappa shape index (κ1) is 15.5. The predicted octanol–water partition coefficient (Wildman–Crippen LogP) is 3.66. The lowest BCUT2D eigenvalue weighted by Gasteiger charge is -2.42. The second-order valence-electron chi connectivity index (χ2n) is 6.19. The van der Waals surface area contributed by atoms with E-state index in [9.17, 15) is 9.18 Å². The van der Waals surface area contributed by atoms with Crippen molar-refractivity contribution in [1.29, 1.82) is 0 Å². The zero-order valence-corrected chi connectivity index (χ0v) is 14.8. The summed E-state index contributed by atoms with van der Waals surface area (Å²) in [5, 5.41) is 0.220. The van der Waals surface area contributed by atoms with E-state index in [1.54, 1.807) is 0 Å². The van der Waals surface area contributed by atoms with Crippen LogP contribution in [-0.4, -0.2) is 41.3 Å². The fraction of sp³-hybridized carbons (Fsp3) is 0.471. The Balaban J connectivity index is 1.83. The van der Waals surface area contributed by atoms with E-state index in [4.69, 9.17) is 4.99 Å². The van der Waals surface area contributed by atoms with Crippen LogP contribution < -0.4 is 0 Å². The molecule has 3 nitrogen and oxygen atoms in total. The maximum atomic E-state index is 13.6. The van der Waals surface area contributed by atoms with Gasteiger partial charge in [-0.05, 0) is 52.2 Å². The van der Waals surface area contributed by atoms with E-state index in [0.29, 0.717) is 4.47 Å². The summed E-state index contributed by atoms with van der Waals surface area (Å²) in [6.45, 7) is 0.238. The average Bonchev–Trinajstić information content (AvgIpc) is 2.56. The fourth-order valence-corrected chi connectivity index (χ4v) is 5.66. The van der Waals surface area contributed by atoms with Crippen molar-refractivity contribution in [1.82, 2.24) is 0 Å². The molecule has 120 valence electrons. The minimum absolute atomic E-state index is 0.0500. The summed E-state index contributed by atoms with van der Waals surface area (Å²) in [4.78, 5) is 21.6. The number of hydrogen-bond acceptors (Lipinski definition) is 4. The predicted molar refractivity (Wildman–Crippen MR) is 95.4 cm³/mol. The molecular weight excluding hydrogens is 379 g/mol. The standard InChI is InChI=1S/C17H16BrFN2OS/c18-10-6-9(3-4-11(10)19)15-16-13(7-20-8-14(16)22)21-12-2-1-5-23-17(12)15/h3-4,6-7,13,15-17H,1-2,5,8H2. The van der Waals surface area contributed by atoms with Crippen LogP contribution in [0.1, 0.15) is 24.3 Å². The van der Waals surface area contributed by atoms with E-state index >= 15 is 0 Å². The Morgan fingerprint density at radius 3 is 3.00 bits per heavy atom. The van der Waals surface area contributed by atoms with E-state index in [2.05, 4.69) is 20.9 Å². The van der Waals surface area contributed by atoms with Gasteiger partial charge in [-0.3, -0.25) is 14.8 Å². The molecule has 3 aliphatic heterocycles. The number of ketones is 1. The molecule has 0 N–H and O–H groups in total. The van der Waals surface area contributed by atoms with Crippen LogP contribution in [-0.2, 0) is 4.79 Å². The number of rotatable bonds is 1. The molecule has 0 aromatic heterocycles. The second kappa shape index (κ2) is 6.13. The number of halogens is 2. The number of thioether (sulfide) groups is 1. The Morgan fingerprint density at radius 1 is 1.30 bits per heavy atom. The van der Waals surface area contributed by atoms with Gasteiger partial charge in [0, 0.05) is 17.8 Å². The van der Waals surface area contributed by atoms with Crippen LogP contribution in [0.15, 0.2) is 32.7 Å². The Bertz CT molecular complexity index is 721. The number of benzene rings is 1. The molecule has 1 saturated heterocycles. The van der Waals surface area contributed by atoms with Gasteiger partial charge in [-0.2, -0.15) is 11.8 Å². The molecule has 4 atom stereocenters. The Kier molecular flexibility index (Phi) is 4.13. The number of hydrogen-bond donors (Lipinski definition) is 0. The Hall–Kier alpha value is -1.01. The summed E-state index contributed by atoms with van der Waals surface area (Å²) in [6.07, 6.45) is 3.95. The van der Waals surface area contributed by atoms with Gasteiger partial charge in [0.05, 0.1) is 28.2 Å². The maximum Gasteiger partial charge on any atom is 0.160 e. The summed E-state index contributed by atoms with van der Waals surface area (Å²) in [5.41, 5.74) is 2.21. The van der Waals surface area contributed by atoms with E-state index in [-0.39, 0.29) is 41.3 Å². The molecule has 23 heavy (non-hydrogen) atoms. The van der Waals surface area contributed by atoms with Crippen molar-refractivity contribution in [2.45, 2.75) is 30.1 Å². The summed E-state index contributed by atoms with van der Waals surface area (Å²) < 4.78 is 14.1. The first-order valence-electron chi connectivity index (χ1n) is 7.81. The molecule has 0 spiro atoms. The molecule has 3 aliphatic rings. The van der Waals surface area contributed by atoms with Gasteiger partial charge < -0.3 is 0 Å². The molecule has 0 bridgehead atoms. The highest BCUT2D eigenvalue weighted by Crippen LogP contribution is 2.45. The molecular formula is C17H16BrFN2OS. The van der Waals surface area contributed by atoms with Crippen LogP contribution in [0.2, 0.25) is 0 Å². The largest absolute Gasteiger partial charge is 0.297 e. The number of carbonyl (C=O) groups excluding carboxylic acids is 1. The number of Topliss-reactive ketones (excluding diaryl/α,β-unsaturated/α-hetero) is 1. The number of carbonyl (C=O) groups is 1. The highest BCUT2D eigenvalue weighted by molar-refractivity contribution is 9.10. The smallest absolute Gasteiger partial charge is 0.160 e. The molecule has 1 aromatic carbocycles. The lowest BCUT2D eigenvalue weighted by Crippen LogP contribution is -2.49. The van der Waals surface area contributed by atoms with Crippen molar-refractivity contribution in [2.24, 2.45) is 15.9 Å². The number of fused-ring (bicyclic) bond motifs is 2. The molecule has 4 rings (SSSR count). The Labute approximate surface area is 147 Å². The second-order valence-corrected chi connectivity index (χ2v) is 8.29. The first-order chi connectivity index (χ1) is 11.1. The highest BCUT2D eigenvalue weighted by Gasteiger charge is 2.47. The van der Waals surface area contributed by atoms with Crippen LogP contribution in [0.3, 0.4) is 0 Å². The molecule has 1 aromatic rings. The van der Waals surface area contributed by atoms with Crippen LogP contribution in [0, 0.1) is 11.7 Å². The SMILES string of the molecule is O=C1CN=CC2N=C3CCCSC3C(c3ccc(F)c(Br)c3)C12. The number of aliphatic imine (C=N–C) groups is 2. The monoisotopic (exact) mass is 394 g/mol. The molecule has 4 unspecified atom stereocenters. The topological polar surface area (TPSA) is 41.8 Å². The molecule has 0 radical (unpaired) electrons. The van der Waals surface area contributed by atoms with Crippen molar-refractivity contribution in [3.63, 3.8) is 0 Å². The quantitative estimate of drug-likeness (QED) is 0.729. The molecule has 3 heterocycles. The lowest BCUT2D eigenvalue weighted by atomic mass is 9.72. The molecule has 1 fully saturated rings. The minimum Gasteiger partial charge on any atom is -0.297 e. The third kappa shape index (κ3) is 2.70.